The fourth-order valence-corrected chi connectivity index (χ4v) is 2.55. The summed E-state index contributed by atoms with van der Waals surface area (Å²) < 4.78 is 0. The van der Waals surface area contributed by atoms with Gasteiger partial charge in [0.2, 0.25) is 0 Å². The number of rotatable bonds is 2. The van der Waals surface area contributed by atoms with Crippen LogP contribution >= 0.6 is 11.6 Å². The molecule has 96 valence electrons. The highest BCUT2D eigenvalue weighted by atomic mass is 35.5. The lowest BCUT2D eigenvalue weighted by Crippen LogP contribution is -2.18. The second-order valence-corrected chi connectivity index (χ2v) is 5.22. The van der Waals surface area contributed by atoms with E-state index in [2.05, 4.69) is 41.3 Å². The number of halogens is 1. The molecule has 1 atom stereocenters. The summed E-state index contributed by atoms with van der Waals surface area (Å²) in [5.41, 5.74) is 3.52. The van der Waals surface area contributed by atoms with Crippen molar-refractivity contribution in [3.05, 3.63) is 65.2 Å². The third-order valence-electron chi connectivity index (χ3n) is 3.34. The third-order valence-corrected chi connectivity index (χ3v) is 3.59. The van der Waals surface area contributed by atoms with Gasteiger partial charge in [-0.2, -0.15) is 5.10 Å². The fraction of sp³-hybridized carbons (Fsp3) is 0.188. The molecule has 0 saturated carbocycles. The van der Waals surface area contributed by atoms with Gasteiger partial charge in [-0.25, -0.2) is 0 Å². The van der Waals surface area contributed by atoms with Crippen LogP contribution in [0.25, 0.3) is 0 Å². The minimum atomic E-state index is 0.280. The van der Waals surface area contributed by atoms with Crippen LogP contribution in [0.3, 0.4) is 0 Å². The van der Waals surface area contributed by atoms with E-state index < -0.39 is 0 Å². The average Bonchev–Trinajstić information content (AvgIpc) is 2.83. The van der Waals surface area contributed by atoms with Crippen molar-refractivity contribution < 1.29 is 0 Å². The van der Waals surface area contributed by atoms with Crippen LogP contribution in [0.1, 0.15) is 24.9 Å². The van der Waals surface area contributed by atoms with Crippen molar-refractivity contribution in [2.24, 2.45) is 5.10 Å². The van der Waals surface area contributed by atoms with Gasteiger partial charge in [0.05, 0.1) is 11.7 Å². The molecular weight excluding hydrogens is 256 g/mol. The molecule has 0 saturated heterocycles. The van der Waals surface area contributed by atoms with Gasteiger partial charge >= 0.3 is 0 Å². The van der Waals surface area contributed by atoms with Crippen LogP contribution in [0.4, 0.5) is 5.69 Å². The van der Waals surface area contributed by atoms with Gasteiger partial charge in [-0.15, -0.1) is 0 Å². The van der Waals surface area contributed by atoms with E-state index >= 15 is 0 Å². The van der Waals surface area contributed by atoms with E-state index in [0.29, 0.717) is 0 Å². The van der Waals surface area contributed by atoms with Crippen molar-refractivity contribution in [2.75, 3.05) is 5.01 Å². The van der Waals surface area contributed by atoms with E-state index in [4.69, 9.17) is 11.6 Å². The Morgan fingerprint density at radius 2 is 1.74 bits per heavy atom. The lowest BCUT2D eigenvalue weighted by molar-refractivity contribution is 0.709. The Bertz CT molecular complexity index is 590. The average molecular weight is 271 g/mol. The molecule has 2 nitrogen and oxygen atoms in total. The summed E-state index contributed by atoms with van der Waals surface area (Å²) in [6, 6.07) is 18.6. The molecule has 0 fully saturated rings. The van der Waals surface area contributed by atoms with Crippen molar-refractivity contribution in [3.63, 3.8) is 0 Å². The molecule has 3 heteroatoms. The number of hydrazone groups is 1. The highest BCUT2D eigenvalue weighted by Gasteiger charge is 2.26. The first-order chi connectivity index (χ1) is 9.24. The normalized spacial score (nSPS) is 18.5. The van der Waals surface area contributed by atoms with Gasteiger partial charge in [0, 0.05) is 17.2 Å². The first kappa shape index (κ1) is 12.2. The van der Waals surface area contributed by atoms with E-state index in [1.54, 1.807) is 0 Å². The van der Waals surface area contributed by atoms with Gasteiger partial charge in [0.15, 0.2) is 0 Å². The Morgan fingerprint density at radius 1 is 1.05 bits per heavy atom. The molecule has 0 aromatic heterocycles. The zero-order valence-corrected chi connectivity index (χ0v) is 11.5. The molecule has 19 heavy (non-hydrogen) atoms. The summed E-state index contributed by atoms with van der Waals surface area (Å²) in [5.74, 6) is 0. The molecule has 1 unspecified atom stereocenters. The maximum Gasteiger partial charge on any atom is 0.0828 e. The lowest BCUT2D eigenvalue weighted by atomic mass is 10.0. The van der Waals surface area contributed by atoms with Crippen molar-refractivity contribution in [1.82, 2.24) is 0 Å². The second-order valence-electron chi connectivity index (χ2n) is 4.79. The van der Waals surface area contributed by atoms with Crippen LogP contribution in [-0.4, -0.2) is 5.71 Å². The van der Waals surface area contributed by atoms with Crippen LogP contribution in [0, 0.1) is 0 Å². The summed E-state index contributed by atoms with van der Waals surface area (Å²) in [5, 5.41) is 7.49. The predicted octanol–water partition coefficient (Wildman–Crippen LogP) is 4.67. The Hall–Kier alpha value is -1.80. The largest absolute Gasteiger partial charge is 0.258 e. The molecule has 0 spiro atoms. The highest BCUT2D eigenvalue weighted by Crippen LogP contribution is 2.35. The predicted molar refractivity (Wildman–Crippen MR) is 80.8 cm³/mol. The minimum absolute atomic E-state index is 0.280. The summed E-state index contributed by atoms with van der Waals surface area (Å²) in [6.07, 6.45) is 0.965. The topological polar surface area (TPSA) is 15.6 Å². The smallest absolute Gasteiger partial charge is 0.0828 e. The second kappa shape index (κ2) is 5.06. The van der Waals surface area contributed by atoms with Crippen molar-refractivity contribution >= 4 is 23.0 Å². The molecule has 1 aliphatic heterocycles. The Kier molecular flexibility index (Phi) is 3.26. The van der Waals surface area contributed by atoms with E-state index in [9.17, 15) is 0 Å². The van der Waals surface area contributed by atoms with E-state index in [1.807, 2.05) is 30.3 Å². The van der Waals surface area contributed by atoms with Crippen molar-refractivity contribution in [1.29, 1.82) is 0 Å². The number of anilines is 1. The lowest BCUT2D eigenvalue weighted by Gasteiger charge is -2.24. The molecule has 3 rings (SSSR count). The minimum Gasteiger partial charge on any atom is -0.258 e. The first-order valence-electron chi connectivity index (χ1n) is 6.38. The monoisotopic (exact) mass is 270 g/mol. The van der Waals surface area contributed by atoms with E-state index in [1.165, 1.54) is 5.56 Å². The Balaban J connectivity index is 1.96. The van der Waals surface area contributed by atoms with Gasteiger partial charge < -0.3 is 0 Å². The molecule has 2 aromatic carbocycles. The van der Waals surface area contributed by atoms with E-state index in [-0.39, 0.29) is 6.04 Å². The van der Waals surface area contributed by atoms with E-state index in [0.717, 1.165) is 22.8 Å². The fourth-order valence-electron chi connectivity index (χ4n) is 2.43. The van der Waals surface area contributed by atoms with Crippen molar-refractivity contribution in [3.8, 4) is 0 Å². The number of hydrogen-bond acceptors (Lipinski definition) is 2. The number of benzene rings is 2. The summed E-state index contributed by atoms with van der Waals surface area (Å²) >= 11 is 5.95. The van der Waals surface area contributed by atoms with Crippen LogP contribution in [0.2, 0.25) is 5.02 Å². The van der Waals surface area contributed by atoms with Gasteiger partial charge in [-0.05, 0) is 36.8 Å². The zero-order valence-electron chi connectivity index (χ0n) is 10.8. The standard InChI is InChI=1S/C16H15ClN2/c1-12-11-16(13-5-3-2-4-6-13)19(18-12)15-9-7-14(17)8-10-15/h2-10,16H,11H2,1H3. The van der Waals surface area contributed by atoms with Gasteiger partial charge in [-0.1, -0.05) is 41.9 Å². The van der Waals surface area contributed by atoms with Crippen LogP contribution in [0.5, 0.6) is 0 Å². The number of hydrogen-bond donors (Lipinski definition) is 0. The summed E-state index contributed by atoms with van der Waals surface area (Å²) in [6.45, 7) is 2.08. The molecule has 2 aromatic rings. The highest BCUT2D eigenvalue weighted by molar-refractivity contribution is 6.30. The van der Waals surface area contributed by atoms with Gasteiger partial charge in [-0.3, -0.25) is 5.01 Å². The van der Waals surface area contributed by atoms with Crippen molar-refractivity contribution in [2.45, 2.75) is 19.4 Å². The molecule has 0 radical (unpaired) electrons. The third kappa shape index (κ3) is 2.49. The van der Waals surface area contributed by atoms with Gasteiger partial charge in [0.1, 0.15) is 0 Å². The maximum absolute atomic E-state index is 5.95. The molecule has 1 aliphatic rings. The maximum atomic E-state index is 5.95. The van der Waals surface area contributed by atoms with Crippen LogP contribution in [-0.2, 0) is 0 Å². The SMILES string of the molecule is CC1=NN(c2ccc(Cl)cc2)C(c2ccccc2)C1. The Morgan fingerprint density at radius 3 is 2.42 bits per heavy atom. The molecule has 0 amide bonds. The molecule has 0 bridgehead atoms. The number of nitrogens with zero attached hydrogens (tertiary/aromatic N) is 2. The molecule has 0 N–H and O–H groups in total. The van der Waals surface area contributed by atoms with Crippen LogP contribution in [0.15, 0.2) is 59.7 Å². The quantitative estimate of drug-likeness (QED) is 0.774. The summed E-state index contributed by atoms with van der Waals surface area (Å²) in [7, 11) is 0. The van der Waals surface area contributed by atoms with Crippen LogP contribution < -0.4 is 5.01 Å². The zero-order chi connectivity index (χ0) is 13.2. The Labute approximate surface area is 118 Å². The molecular formula is C16H15ClN2. The van der Waals surface area contributed by atoms with Gasteiger partial charge in [0.25, 0.3) is 0 Å². The summed E-state index contributed by atoms with van der Waals surface area (Å²) in [4.78, 5) is 0. The molecule has 0 aliphatic carbocycles. The molecule has 1 heterocycles. The first-order valence-corrected chi connectivity index (χ1v) is 6.75.